The first kappa shape index (κ1) is 11.7. The lowest BCUT2D eigenvalue weighted by Crippen LogP contribution is -2.12. The van der Waals surface area contributed by atoms with Crippen molar-refractivity contribution < 1.29 is 0 Å². The van der Waals surface area contributed by atoms with Gasteiger partial charge in [-0.15, -0.1) is 5.10 Å². The molecule has 0 saturated carbocycles. The number of aryl methyl sites for hydroxylation is 2. The number of hydrogen-bond acceptors (Lipinski definition) is 4. The van der Waals surface area contributed by atoms with Gasteiger partial charge < -0.3 is 5.32 Å². The quantitative estimate of drug-likeness (QED) is 0.864. The van der Waals surface area contributed by atoms with Crippen molar-refractivity contribution in [2.45, 2.75) is 27.3 Å². The van der Waals surface area contributed by atoms with Crippen molar-refractivity contribution in [3.8, 4) is 5.82 Å². The highest BCUT2D eigenvalue weighted by Crippen LogP contribution is 2.07. The molecule has 2 rings (SSSR count). The van der Waals surface area contributed by atoms with E-state index in [0.717, 1.165) is 30.6 Å². The molecule has 0 atom stereocenters. The van der Waals surface area contributed by atoms with Crippen LogP contribution in [0.3, 0.4) is 0 Å². The average Bonchev–Trinajstić information content (AvgIpc) is 2.66. The second kappa shape index (κ2) is 5.05. The molecule has 1 N–H and O–H groups in total. The normalized spacial score (nSPS) is 10.8. The Labute approximate surface area is 101 Å². The molecule has 2 aromatic heterocycles. The minimum Gasteiger partial charge on any atom is -0.313 e. The third-order valence-corrected chi connectivity index (χ3v) is 2.48. The summed E-state index contributed by atoms with van der Waals surface area (Å²) in [7, 11) is 0. The third-order valence-electron chi connectivity index (χ3n) is 2.48. The molecule has 0 aliphatic rings. The van der Waals surface area contributed by atoms with Gasteiger partial charge in [-0.1, -0.05) is 13.0 Å². The van der Waals surface area contributed by atoms with Gasteiger partial charge in [0.25, 0.3) is 0 Å². The molecule has 17 heavy (non-hydrogen) atoms. The summed E-state index contributed by atoms with van der Waals surface area (Å²) in [5.41, 5.74) is 1.17. The maximum Gasteiger partial charge on any atom is 0.155 e. The molecule has 2 aromatic rings. The van der Waals surface area contributed by atoms with Crippen LogP contribution in [0.2, 0.25) is 0 Å². The predicted molar refractivity (Wildman–Crippen MR) is 66.0 cm³/mol. The van der Waals surface area contributed by atoms with Gasteiger partial charge >= 0.3 is 0 Å². The molecule has 0 spiro atoms. The lowest BCUT2D eigenvalue weighted by Gasteiger charge is -2.04. The molecular formula is C12H17N5. The van der Waals surface area contributed by atoms with E-state index in [1.54, 1.807) is 4.68 Å². The molecular weight excluding hydrogens is 214 g/mol. The zero-order chi connectivity index (χ0) is 12.3. The number of hydrogen-bond donors (Lipinski definition) is 1. The van der Waals surface area contributed by atoms with E-state index in [2.05, 4.69) is 33.4 Å². The Balaban J connectivity index is 2.20. The Morgan fingerprint density at radius 3 is 2.65 bits per heavy atom. The molecule has 0 bridgehead atoms. The topological polar surface area (TPSA) is 55.6 Å². The Morgan fingerprint density at radius 2 is 2.12 bits per heavy atom. The fourth-order valence-electron chi connectivity index (χ4n) is 1.65. The van der Waals surface area contributed by atoms with Gasteiger partial charge in [0.15, 0.2) is 5.82 Å². The third kappa shape index (κ3) is 2.68. The number of nitrogens with one attached hydrogen (secondary N) is 1. The maximum atomic E-state index is 4.40. The van der Waals surface area contributed by atoms with Crippen LogP contribution < -0.4 is 5.32 Å². The number of pyridine rings is 1. The minimum atomic E-state index is 0.765. The molecule has 0 amide bonds. The zero-order valence-corrected chi connectivity index (χ0v) is 10.4. The van der Waals surface area contributed by atoms with Crippen LogP contribution in [0.5, 0.6) is 0 Å². The van der Waals surface area contributed by atoms with Crippen LogP contribution >= 0.6 is 0 Å². The largest absolute Gasteiger partial charge is 0.313 e. The van der Waals surface area contributed by atoms with Crippen molar-refractivity contribution in [2.75, 3.05) is 6.54 Å². The van der Waals surface area contributed by atoms with Crippen LogP contribution in [-0.2, 0) is 6.54 Å². The Bertz CT molecular complexity index is 486. The van der Waals surface area contributed by atoms with Crippen molar-refractivity contribution in [1.82, 2.24) is 25.1 Å². The first-order valence-corrected chi connectivity index (χ1v) is 5.77. The summed E-state index contributed by atoms with van der Waals surface area (Å²) in [5.74, 6) is 2.43. The summed E-state index contributed by atoms with van der Waals surface area (Å²) in [4.78, 5) is 8.66. The lowest BCUT2D eigenvalue weighted by atomic mass is 10.3. The van der Waals surface area contributed by atoms with Gasteiger partial charge in [0.05, 0.1) is 0 Å². The SMILES string of the molecule is CCNCc1ccc(-n2nc(C)nc2C)nc1. The van der Waals surface area contributed by atoms with E-state index in [4.69, 9.17) is 0 Å². The van der Waals surface area contributed by atoms with Crippen LogP contribution in [0, 0.1) is 13.8 Å². The molecule has 2 heterocycles. The molecule has 0 aliphatic heterocycles. The minimum absolute atomic E-state index is 0.765. The molecule has 0 radical (unpaired) electrons. The van der Waals surface area contributed by atoms with E-state index in [-0.39, 0.29) is 0 Å². The fraction of sp³-hybridized carbons (Fsp3) is 0.417. The van der Waals surface area contributed by atoms with Gasteiger partial charge in [-0.3, -0.25) is 0 Å². The summed E-state index contributed by atoms with van der Waals surface area (Å²) in [5, 5.41) is 7.56. The molecule has 0 aromatic carbocycles. The summed E-state index contributed by atoms with van der Waals surface area (Å²) in [6.45, 7) is 7.70. The number of aromatic nitrogens is 4. The van der Waals surface area contributed by atoms with E-state index in [9.17, 15) is 0 Å². The van der Waals surface area contributed by atoms with Crippen molar-refractivity contribution >= 4 is 0 Å². The van der Waals surface area contributed by atoms with E-state index < -0.39 is 0 Å². The van der Waals surface area contributed by atoms with Gasteiger partial charge in [0.1, 0.15) is 11.6 Å². The maximum absolute atomic E-state index is 4.40. The zero-order valence-electron chi connectivity index (χ0n) is 10.4. The standard InChI is InChI=1S/C12H17N5/c1-4-13-7-11-5-6-12(14-8-11)17-10(3)15-9(2)16-17/h5-6,8,13H,4,7H2,1-3H3. The second-order valence-corrected chi connectivity index (χ2v) is 3.92. The second-order valence-electron chi connectivity index (χ2n) is 3.92. The Hall–Kier alpha value is -1.75. The molecule has 90 valence electrons. The highest BCUT2D eigenvalue weighted by atomic mass is 15.4. The van der Waals surface area contributed by atoms with Gasteiger partial charge in [-0.05, 0) is 32.0 Å². The van der Waals surface area contributed by atoms with Crippen LogP contribution in [0.1, 0.15) is 24.1 Å². The Morgan fingerprint density at radius 1 is 1.29 bits per heavy atom. The summed E-state index contributed by atoms with van der Waals surface area (Å²) in [6.07, 6.45) is 1.87. The highest BCUT2D eigenvalue weighted by molar-refractivity contribution is 5.25. The van der Waals surface area contributed by atoms with Gasteiger partial charge in [-0.2, -0.15) is 4.68 Å². The molecule has 0 aliphatic carbocycles. The van der Waals surface area contributed by atoms with Gasteiger partial charge in [-0.25, -0.2) is 9.97 Å². The van der Waals surface area contributed by atoms with E-state index in [1.165, 1.54) is 5.56 Å². The van der Waals surface area contributed by atoms with Gasteiger partial charge in [0.2, 0.25) is 0 Å². The molecule has 0 saturated heterocycles. The van der Waals surface area contributed by atoms with E-state index in [1.807, 2.05) is 26.1 Å². The predicted octanol–water partition coefficient (Wildman–Crippen LogP) is 1.39. The summed E-state index contributed by atoms with van der Waals surface area (Å²) in [6, 6.07) is 4.02. The van der Waals surface area contributed by atoms with Crippen molar-refractivity contribution in [2.24, 2.45) is 0 Å². The molecule has 0 unspecified atom stereocenters. The number of nitrogens with zero attached hydrogens (tertiary/aromatic N) is 4. The fourth-order valence-corrected chi connectivity index (χ4v) is 1.65. The monoisotopic (exact) mass is 231 g/mol. The van der Waals surface area contributed by atoms with Crippen LogP contribution in [0.4, 0.5) is 0 Å². The van der Waals surface area contributed by atoms with E-state index >= 15 is 0 Å². The Kier molecular flexibility index (Phi) is 3.49. The van der Waals surface area contributed by atoms with Crippen molar-refractivity contribution in [3.05, 3.63) is 35.5 Å². The van der Waals surface area contributed by atoms with Crippen LogP contribution in [0.25, 0.3) is 5.82 Å². The first-order valence-electron chi connectivity index (χ1n) is 5.77. The molecule has 0 fully saturated rings. The van der Waals surface area contributed by atoms with Crippen LogP contribution in [0.15, 0.2) is 18.3 Å². The average molecular weight is 231 g/mol. The first-order chi connectivity index (χ1) is 8.20. The van der Waals surface area contributed by atoms with Crippen molar-refractivity contribution in [3.63, 3.8) is 0 Å². The van der Waals surface area contributed by atoms with Crippen LogP contribution in [-0.4, -0.2) is 26.3 Å². The van der Waals surface area contributed by atoms with Gasteiger partial charge in [0, 0.05) is 12.7 Å². The molecule has 5 nitrogen and oxygen atoms in total. The van der Waals surface area contributed by atoms with E-state index in [0.29, 0.717) is 0 Å². The number of rotatable bonds is 4. The summed E-state index contributed by atoms with van der Waals surface area (Å²) >= 11 is 0. The highest BCUT2D eigenvalue weighted by Gasteiger charge is 2.05. The lowest BCUT2D eigenvalue weighted by molar-refractivity contribution is 0.721. The smallest absolute Gasteiger partial charge is 0.155 e. The molecule has 5 heteroatoms. The van der Waals surface area contributed by atoms with Crippen molar-refractivity contribution in [1.29, 1.82) is 0 Å². The summed E-state index contributed by atoms with van der Waals surface area (Å²) < 4.78 is 1.76.